The maximum atomic E-state index is 10.2. The van der Waals surface area contributed by atoms with Crippen LogP contribution in [0.1, 0.15) is 6.42 Å². The van der Waals surface area contributed by atoms with E-state index in [2.05, 4.69) is 31.9 Å². The molecule has 1 rings (SSSR count). The Morgan fingerprint density at radius 1 is 1.75 bits per heavy atom. The zero-order valence-electron chi connectivity index (χ0n) is 3.80. The van der Waals surface area contributed by atoms with Gasteiger partial charge in [0.1, 0.15) is 0 Å². The van der Waals surface area contributed by atoms with Crippen LogP contribution in [-0.4, -0.2) is 17.2 Å². The van der Waals surface area contributed by atoms with E-state index >= 15 is 0 Å². The van der Waals surface area contributed by atoms with Crippen molar-refractivity contribution in [2.24, 2.45) is 0 Å². The third kappa shape index (κ3) is 1.32. The number of rotatable bonds is 1. The molecule has 0 saturated heterocycles. The van der Waals surface area contributed by atoms with Crippen molar-refractivity contribution in [2.75, 3.05) is 0 Å². The summed E-state index contributed by atoms with van der Waals surface area (Å²) >= 11 is 4.76. The number of hydrogen-bond donors (Lipinski definition) is 1. The van der Waals surface area contributed by atoms with Gasteiger partial charge in [-0.05, 0) is 6.42 Å². The highest BCUT2D eigenvalue weighted by atomic mass is 79.9. The smallest absolute Gasteiger partial charge is 0.158 e. The molecule has 5 heteroatoms. The molecule has 1 fully saturated rings. The van der Waals surface area contributed by atoms with E-state index in [0.29, 0.717) is 0 Å². The van der Waals surface area contributed by atoms with E-state index in [0.717, 1.165) is 6.42 Å². The fourth-order valence-corrected chi connectivity index (χ4v) is 3.14. The molecule has 0 aliphatic heterocycles. The van der Waals surface area contributed by atoms with Crippen LogP contribution in [0.3, 0.4) is 0 Å². The maximum Gasteiger partial charge on any atom is 0.158 e. The summed E-state index contributed by atoms with van der Waals surface area (Å²) in [5.41, 5.74) is 0. The average Bonchev–Trinajstić information content (AvgIpc) is 2.13. The van der Waals surface area contributed by atoms with Crippen molar-refractivity contribution in [1.82, 2.24) is 0 Å². The fraction of sp³-hybridized carbons (Fsp3) is 1.00. The summed E-state index contributed by atoms with van der Waals surface area (Å²) < 4.78 is 18.4. The zero-order valence-corrected chi connectivity index (χ0v) is 7.79. The van der Waals surface area contributed by atoms with Gasteiger partial charge < -0.3 is 4.55 Å². The molecule has 2 unspecified atom stereocenters. The zero-order chi connectivity index (χ0) is 6.36. The van der Waals surface area contributed by atoms with E-state index < -0.39 is 11.1 Å². The number of hydrogen-bond acceptors (Lipinski definition) is 1. The van der Waals surface area contributed by atoms with Gasteiger partial charge in [0.2, 0.25) is 0 Å². The van der Waals surface area contributed by atoms with Gasteiger partial charge in [0.05, 0.1) is 8.48 Å². The van der Waals surface area contributed by atoms with Crippen LogP contribution >= 0.6 is 31.9 Å². The second-order valence-electron chi connectivity index (χ2n) is 1.73. The molecular formula is C3H4Br2O2S. The Balaban J connectivity index is 2.48. The van der Waals surface area contributed by atoms with Crippen LogP contribution in [0, 0.1) is 0 Å². The highest BCUT2D eigenvalue weighted by molar-refractivity contribution is 9.25. The third-order valence-electron chi connectivity index (χ3n) is 1.01. The molecule has 1 N–H and O–H groups in total. The lowest BCUT2D eigenvalue weighted by Gasteiger charge is -1.90. The maximum absolute atomic E-state index is 10.2. The van der Waals surface area contributed by atoms with E-state index in [9.17, 15) is 4.21 Å². The van der Waals surface area contributed by atoms with Gasteiger partial charge in [-0.15, -0.1) is 0 Å². The number of alkyl halides is 2. The van der Waals surface area contributed by atoms with Gasteiger partial charge >= 0.3 is 0 Å². The molecule has 2 nitrogen and oxygen atoms in total. The largest absolute Gasteiger partial charge is 0.306 e. The van der Waals surface area contributed by atoms with E-state index in [4.69, 9.17) is 4.55 Å². The van der Waals surface area contributed by atoms with Gasteiger partial charge in [0.15, 0.2) is 11.1 Å². The van der Waals surface area contributed by atoms with Crippen molar-refractivity contribution in [3.63, 3.8) is 0 Å². The molecule has 8 heavy (non-hydrogen) atoms. The topological polar surface area (TPSA) is 37.3 Å². The third-order valence-corrected chi connectivity index (χ3v) is 4.43. The molecule has 0 spiro atoms. The molecule has 0 aromatic rings. The summed E-state index contributed by atoms with van der Waals surface area (Å²) in [5, 5.41) is -0.123. The normalized spacial score (nSPS) is 36.6. The first kappa shape index (κ1) is 7.18. The van der Waals surface area contributed by atoms with Crippen LogP contribution < -0.4 is 0 Å². The number of halogens is 2. The average molecular weight is 264 g/mol. The first-order chi connectivity index (χ1) is 3.54. The monoisotopic (exact) mass is 262 g/mol. The van der Waals surface area contributed by atoms with E-state index in [1.807, 2.05) is 0 Å². The Bertz CT molecular complexity index is 135. The summed E-state index contributed by atoms with van der Waals surface area (Å²) in [4.78, 5) is 0. The van der Waals surface area contributed by atoms with Crippen LogP contribution in [-0.2, 0) is 11.1 Å². The van der Waals surface area contributed by atoms with Crippen LogP contribution in [0.5, 0.6) is 0 Å². The van der Waals surface area contributed by atoms with Crippen LogP contribution in [0.2, 0.25) is 0 Å². The summed E-state index contributed by atoms with van der Waals surface area (Å²) in [5.74, 6) is 0. The lowest BCUT2D eigenvalue weighted by Crippen LogP contribution is -2.01. The van der Waals surface area contributed by atoms with E-state index in [-0.39, 0.29) is 8.48 Å². The van der Waals surface area contributed by atoms with Crippen LogP contribution in [0.15, 0.2) is 0 Å². The summed E-state index contributed by atoms with van der Waals surface area (Å²) in [7, 11) is 0. The highest BCUT2D eigenvalue weighted by Gasteiger charge is 2.54. The van der Waals surface area contributed by atoms with Crippen molar-refractivity contribution in [3.8, 4) is 0 Å². The Labute approximate surface area is 66.6 Å². The lowest BCUT2D eigenvalue weighted by molar-refractivity contribution is 0.563. The Hall–Kier alpha value is 1.07. The van der Waals surface area contributed by atoms with E-state index in [1.165, 1.54) is 0 Å². The van der Waals surface area contributed by atoms with Crippen molar-refractivity contribution in [2.45, 2.75) is 14.9 Å². The second kappa shape index (κ2) is 2.04. The van der Waals surface area contributed by atoms with E-state index in [1.54, 1.807) is 0 Å². The van der Waals surface area contributed by atoms with Crippen molar-refractivity contribution in [3.05, 3.63) is 0 Å². The van der Waals surface area contributed by atoms with Crippen molar-refractivity contribution >= 4 is 42.9 Å². The molecule has 48 valence electrons. The molecule has 2 atom stereocenters. The Morgan fingerprint density at radius 3 is 2.12 bits per heavy atom. The molecule has 0 aromatic carbocycles. The van der Waals surface area contributed by atoms with Gasteiger partial charge in [0, 0.05) is 0 Å². The molecular weight excluding hydrogens is 260 g/mol. The summed E-state index contributed by atoms with van der Waals surface area (Å²) in [6.07, 6.45) is 0.732. The quantitative estimate of drug-likeness (QED) is 0.575. The van der Waals surface area contributed by atoms with Crippen molar-refractivity contribution in [1.29, 1.82) is 0 Å². The van der Waals surface area contributed by atoms with Gasteiger partial charge in [-0.2, -0.15) is 0 Å². The molecule has 0 amide bonds. The molecule has 0 aromatic heterocycles. The molecule has 0 heterocycles. The highest BCUT2D eigenvalue weighted by Crippen LogP contribution is 2.53. The summed E-state index contributed by atoms with van der Waals surface area (Å²) in [6, 6.07) is 0. The minimum absolute atomic E-state index is 0.123. The van der Waals surface area contributed by atoms with Gasteiger partial charge in [0.25, 0.3) is 0 Å². The first-order valence-corrected chi connectivity index (χ1v) is 4.77. The minimum atomic E-state index is -1.67. The lowest BCUT2D eigenvalue weighted by atomic mass is 11.0. The Morgan fingerprint density at radius 2 is 2.12 bits per heavy atom. The summed E-state index contributed by atoms with van der Waals surface area (Å²) in [6.45, 7) is 0. The molecule has 0 radical (unpaired) electrons. The molecule has 1 aliphatic rings. The molecule has 1 saturated carbocycles. The standard InChI is InChI=1S/C3H4Br2O2S/c4-3(5)1-2(3)8(6)7/h2H,1H2,(H,6,7). The van der Waals surface area contributed by atoms with Gasteiger partial charge in [-0.3, -0.25) is 0 Å². The molecule has 1 aliphatic carbocycles. The van der Waals surface area contributed by atoms with Crippen LogP contribution in [0.4, 0.5) is 0 Å². The Kier molecular flexibility index (Phi) is 1.83. The minimum Gasteiger partial charge on any atom is -0.306 e. The fourth-order valence-electron chi connectivity index (χ4n) is 0.407. The SMILES string of the molecule is O=S(O)C1CC1(Br)Br. The first-order valence-electron chi connectivity index (χ1n) is 2.01. The molecule has 0 bridgehead atoms. The van der Waals surface area contributed by atoms with Gasteiger partial charge in [-0.25, -0.2) is 4.21 Å². The predicted octanol–water partition coefficient (Wildman–Crippen LogP) is 1.47. The van der Waals surface area contributed by atoms with Crippen LogP contribution in [0.25, 0.3) is 0 Å². The second-order valence-corrected chi connectivity index (χ2v) is 6.75. The predicted molar refractivity (Wildman–Crippen MR) is 39.8 cm³/mol. The van der Waals surface area contributed by atoms with Crippen molar-refractivity contribution < 1.29 is 8.76 Å². The van der Waals surface area contributed by atoms with Gasteiger partial charge in [-0.1, -0.05) is 31.9 Å².